The molecule has 0 aromatic heterocycles. The topological polar surface area (TPSA) is 46.2 Å². The summed E-state index contributed by atoms with van der Waals surface area (Å²) >= 11 is 3.16. The predicted molar refractivity (Wildman–Crippen MR) is 66.3 cm³/mol. The van der Waals surface area contributed by atoms with E-state index in [1.165, 1.54) is 12.1 Å². The minimum absolute atomic E-state index is 0.0640. The average molecular weight is 302 g/mol. The van der Waals surface area contributed by atoms with E-state index in [4.69, 9.17) is 0 Å². The molecule has 1 aromatic carbocycles. The Kier molecular flexibility index (Phi) is 4.81. The third-order valence-electron chi connectivity index (χ3n) is 2.35. The van der Waals surface area contributed by atoms with Crippen molar-refractivity contribution in [2.75, 3.05) is 0 Å². The van der Waals surface area contributed by atoms with Crippen molar-refractivity contribution in [3.63, 3.8) is 0 Å². The second kappa shape index (κ2) is 5.91. The Hall–Kier alpha value is -1.23. The second-order valence-electron chi connectivity index (χ2n) is 3.64. The number of rotatable bonds is 4. The summed E-state index contributed by atoms with van der Waals surface area (Å²) in [4.78, 5) is 23.1. The molecule has 1 rings (SSSR count). The average Bonchev–Trinajstić information content (AvgIpc) is 2.30. The molecule has 1 N–H and O–H groups in total. The highest BCUT2D eigenvalue weighted by Crippen LogP contribution is 2.17. The molecule has 0 radical (unpaired) electrons. The van der Waals surface area contributed by atoms with E-state index in [2.05, 4.69) is 21.2 Å². The summed E-state index contributed by atoms with van der Waals surface area (Å²) in [6.45, 7) is 3.33. The van der Waals surface area contributed by atoms with Gasteiger partial charge in [-0.3, -0.25) is 9.59 Å². The number of hydrogen-bond acceptors (Lipinski definition) is 2. The molecule has 0 fully saturated rings. The number of halogens is 2. The van der Waals surface area contributed by atoms with E-state index in [1.54, 1.807) is 13.8 Å². The molecule has 0 saturated heterocycles. The van der Waals surface area contributed by atoms with Crippen LogP contribution in [0.15, 0.2) is 22.7 Å². The van der Waals surface area contributed by atoms with Gasteiger partial charge in [0.2, 0.25) is 0 Å². The number of ketones is 1. The van der Waals surface area contributed by atoms with Crippen LogP contribution >= 0.6 is 15.9 Å². The molecule has 0 bridgehead atoms. The smallest absolute Gasteiger partial charge is 0.253 e. The Morgan fingerprint density at radius 1 is 1.47 bits per heavy atom. The molecule has 92 valence electrons. The lowest BCUT2D eigenvalue weighted by Crippen LogP contribution is -2.38. The van der Waals surface area contributed by atoms with Crippen molar-refractivity contribution in [2.24, 2.45) is 0 Å². The molecule has 0 heterocycles. The largest absolute Gasteiger partial charge is 0.342 e. The third-order valence-corrected chi connectivity index (χ3v) is 3.04. The van der Waals surface area contributed by atoms with Crippen molar-refractivity contribution in [3.05, 3.63) is 34.1 Å². The fraction of sp³-hybridized carbons (Fsp3) is 0.333. The fourth-order valence-electron chi connectivity index (χ4n) is 1.33. The molecule has 3 nitrogen and oxygen atoms in total. The van der Waals surface area contributed by atoms with Crippen molar-refractivity contribution in [1.29, 1.82) is 0 Å². The van der Waals surface area contributed by atoms with Crippen LogP contribution in [0.25, 0.3) is 0 Å². The van der Waals surface area contributed by atoms with Crippen LogP contribution in [-0.4, -0.2) is 17.7 Å². The SMILES string of the molecule is CCC(=O)C(C)NC(=O)c1cc(F)ccc1Br. The molecule has 0 spiro atoms. The van der Waals surface area contributed by atoms with Crippen molar-refractivity contribution < 1.29 is 14.0 Å². The molecule has 1 amide bonds. The van der Waals surface area contributed by atoms with E-state index in [9.17, 15) is 14.0 Å². The molecule has 17 heavy (non-hydrogen) atoms. The zero-order valence-electron chi connectivity index (χ0n) is 9.59. The van der Waals surface area contributed by atoms with Gasteiger partial charge < -0.3 is 5.32 Å². The van der Waals surface area contributed by atoms with Crippen molar-refractivity contribution >= 4 is 27.6 Å². The van der Waals surface area contributed by atoms with Gasteiger partial charge in [0, 0.05) is 10.9 Å². The molecule has 1 unspecified atom stereocenters. The molecule has 5 heteroatoms. The number of carbonyl (C=O) groups excluding carboxylic acids is 2. The number of hydrogen-bond donors (Lipinski definition) is 1. The monoisotopic (exact) mass is 301 g/mol. The first-order valence-corrected chi connectivity index (χ1v) is 6.03. The molecular weight excluding hydrogens is 289 g/mol. The van der Waals surface area contributed by atoms with Gasteiger partial charge in [-0.05, 0) is 41.1 Å². The number of nitrogens with one attached hydrogen (secondary N) is 1. The van der Waals surface area contributed by atoms with Gasteiger partial charge in [0.25, 0.3) is 5.91 Å². The van der Waals surface area contributed by atoms with Gasteiger partial charge in [-0.2, -0.15) is 0 Å². The molecular formula is C12H13BrFNO2. The lowest BCUT2D eigenvalue weighted by atomic mass is 10.1. The third kappa shape index (κ3) is 3.63. The summed E-state index contributed by atoms with van der Waals surface area (Å²) in [6.07, 6.45) is 0.353. The Morgan fingerprint density at radius 2 is 2.12 bits per heavy atom. The van der Waals surface area contributed by atoms with Crippen molar-refractivity contribution in [1.82, 2.24) is 5.32 Å². The minimum atomic E-state index is -0.567. The zero-order chi connectivity index (χ0) is 13.0. The number of benzene rings is 1. The van der Waals surface area contributed by atoms with Crippen LogP contribution in [0.5, 0.6) is 0 Å². The maximum absolute atomic E-state index is 13.0. The summed E-state index contributed by atoms with van der Waals surface area (Å²) in [5.74, 6) is -1.02. The summed E-state index contributed by atoms with van der Waals surface area (Å²) in [6, 6.07) is 3.27. The van der Waals surface area contributed by atoms with Gasteiger partial charge in [0.15, 0.2) is 5.78 Å². The molecule has 0 aliphatic heterocycles. The lowest BCUT2D eigenvalue weighted by Gasteiger charge is -2.12. The Balaban J connectivity index is 2.83. The van der Waals surface area contributed by atoms with E-state index in [0.717, 1.165) is 6.07 Å². The van der Waals surface area contributed by atoms with Gasteiger partial charge in [-0.15, -0.1) is 0 Å². The van der Waals surface area contributed by atoms with Gasteiger partial charge in [-0.1, -0.05) is 6.92 Å². The van der Waals surface area contributed by atoms with Crippen LogP contribution in [0, 0.1) is 5.82 Å². The quantitative estimate of drug-likeness (QED) is 0.929. The highest BCUT2D eigenvalue weighted by Gasteiger charge is 2.17. The van der Waals surface area contributed by atoms with Crippen LogP contribution in [-0.2, 0) is 4.79 Å². The van der Waals surface area contributed by atoms with Gasteiger partial charge in [0.1, 0.15) is 5.82 Å². The molecule has 0 aliphatic rings. The predicted octanol–water partition coefficient (Wildman–Crippen LogP) is 2.69. The second-order valence-corrected chi connectivity index (χ2v) is 4.49. The Morgan fingerprint density at radius 3 is 2.71 bits per heavy atom. The minimum Gasteiger partial charge on any atom is -0.342 e. The first kappa shape index (κ1) is 13.8. The lowest BCUT2D eigenvalue weighted by molar-refractivity contribution is -0.120. The zero-order valence-corrected chi connectivity index (χ0v) is 11.2. The van der Waals surface area contributed by atoms with Crippen LogP contribution in [0.4, 0.5) is 4.39 Å². The number of amides is 1. The summed E-state index contributed by atoms with van der Waals surface area (Å²) in [5.41, 5.74) is 0.181. The summed E-state index contributed by atoms with van der Waals surface area (Å²) in [5, 5.41) is 2.53. The molecule has 1 atom stereocenters. The normalized spacial score (nSPS) is 12.0. The van der Waals surface area contributed by atoms with E-state index >= 15 is 0 Å². The number of carbonyl (C=O) groups is 2. The maximum Gasteiger partial charge on any atom is 0.253 e. The van der Waals surface area contributed by atoms with Crippen molar-refractivity contribution in [3.8, 4) is 0 Å². The molecule has 0 aliphatic carbocycles. The fourth-order valence-corrected chi connectivity index (χ4v) is 1.76. The maximum atomic E-state index is 13.0. The van der Waals surface area contributed by atoms with E-state index in [1.807, 2.05) is 0 Å². The van der Waals surface area contributed by atoms with Crippen LogP contribution in [0.3, 0.4) is 0 Å². The van der Waals surface area contributed by atoms with Gasteiger partial charge in [-0.25, -0.2) is 4.39 Å². The molecule has 1 aromatic rings. The Labute approximate surface area is 108 Å². The van der Waals surface area contributed by atoms with Gasteiger partial charge >= 0.3 is 0 Å². The van der Waals surface area contributed by atoms with Crippen LogP contribution < -0.4 is 5.32 Å². The first-order chi connectivity index (χ1) is 7.95. The highest BCUT2D eigenvalue weighted by atomic mass is 79.9. The van der Waals surface area contributed by atoms with E-state index < -0.39 is 17.8 Å². The summed E-state index contributed by atoms with van der Waals surface area (Å²) in [7, 11) is 0. The van der Waals surface area contributed by atoms with Crippen molar-refractivity contribution in [2.45, 2.75) is 26.3 Å². The molecule has 0 saturated carbocycles. The van der Waals surface area contributed by atoms with Gasteiger partial charge in [0.05, 0.1) is 11.6 Å². The van der Waals surface area contributed by atoms with E-state index in [-0.39, 0.29) is 11.3 Å². The highest BCUT2D eigenvalue weighted by molar-refractivity contribution is 9.10. The summed E-state index contributed by atoms with van der Waals surface area (Å²) < 4.78 is 13.5. The Bertz CT molecular complexity index is 448. The van der Waals surface area contributed by atoms with Crippen LogP contribution in [0.2, 0.25) is 0 Å². The first-order valence-electron chi connectivity index (χ1n) is 5.24. The standard InChI is InChI=1S/C12H13BrFNO2/c1-3-11(16)7(2)15-12(17)9-6-8(14)4-5-10(9)13/h4-7H,3H2,1-2H3,(H,15,17). The van der Waals surface area contributed by atoms with E-state index in [0.29, 0.717) is 10.9 Å². The van der Waals surface area contributed by atoms with Crippen LogP contribution in [0.1, 0.15) is 30.6 Å². The number of Topliss-reactive ketones (excluding diaryl/α,β-unsaturated/α-hetero) is 1.